The highest BCUT2D eigenvalue weighted by atomic mass is 32.1. The Balaban J connectivity index is 1.77. The molecule has 2 N–H and O–H groups in total. The number of thiazole rings is 1. The molecule has 0 bridgehead atoms. The standard InChI is InChI=1S/C26H18F2N2O5S/c1-12-3-8-18(35-2)16(9-12)23(32)20-22(13-4-6-15(31)7-5-13)30(25(34)24(20)33)26-29-21-17(28)10-14(27)11-19(21)36-26/h3-11,22,31-32H,1-2H3/b23-20+. The van der Waals surface area contributed by atoms with Crippen molar-refractivity contribution in [3.8, 4) is 11.5 Å². The SMILES string of the molecule is COc1ccc(C)cc1/C(O)=C1\C(=O)C(=O)N(c2nc3c(F)cc(F)cc3s2)C1c1ccc(O)cc1. The summed E-state index contributed by atoms with van der Waals surface area (Å²) >= 11 is 0.833. The molecule has 1 aliphatic heterocycles. The van der Waals surface area contributed by atoms with E-state index < -0.39 is 35.1 Å². The number of carbonyl (C=O) groups excluding carboxylic acids is 2. The minimum absolute atomic E-state index is 0.0476. The number of hydrogen-bond donors (Lipinski definition) is 2. The summed E-state index contributed by atoms with van der Waals surface area (Å²) in [5, 5.41) is 21.1. The predicted molar refractivity (Wildman–Crippen MR) is 130 cm³/mol. The second kappa shape index (κ2) is 8.72. The fraction of sp³-hybridized carbons (Fsp3) is 0.115. The molecule has 1 aromatic heterocycles. The molecule has 0 spiro atoms. The number of methoxy groups -OCH3 is 1. The highest BCUT2D eigenvalue weighted by molar-refractivity contribution is 7.22. The van der Waals surface area contributed by atoms with Crippen LogP contribution in [0.2, 0.25) is 0 Å². The average Bonchev–Trinajstić information content (AvgIpc) is 3.38. The number of amides is 1. The molecule has 1 amide bonds. The third-order valence-corrected chi connectivity index (χ3v) is 6.87. The zero-order valence-corrected chi connectivity index (χ0v) is 19.8. The van der Waals surface area contributed by atoms with E-state index in [1.807, 2.05) is 0 Å². The number of anilines is 1. The number of phenolic OH excluding ortho intramolecular Hbond substituents is 1. The second-order valence-electron chi connectivity index (χ2n) is 8.20. The lowest BCUT2D eigenvalue weighted by Gasteiger charge is -2.23. The zero-order valence-electron chi connectivity index (χ0n) is 19.0. The molecule has 1 saturated heterocycles. The number of nitrogens with zero attached hydrogens (tertiary/aromatic N) is 2. The van der Waals surface area contributed by atoms with Gasteiger partial charge in [0, 0.05) is 6.07 Å². The molecular formula is C26H18F2N2O5S. The van der Waals surface area contributed by atoms with Crippen LogP contribution in [-0.2, 0) is 9.59 Å². The van der Waals surface area contributed by atoms with Gasteiger partial charge in [-0.05, 0) is 42.8 Å². The Bertz CT molecular complexity index is 1580. The molecule has 0 radical (unpaired) electrons. The molecule has 1 aliphatic rings. The summed E-state index contributed by atoms with van der Waals surface area (Å²) in [4.78, 5) is 31.8. The molecule has 0 saturated carbocycles. The number of carbonyl (C=O) groups is 2. The largest absolute Gasteiger partial charge is 0.508 e. The van der Waals surface area contributed by atoms with E-state index in [0.717, 1.165) is 27.9 Å². The molecule has 3 aromatic carbocycles. The van der Waals surface area contributed by atoms with Crippen molar-refractivity contribution in [3.05, 3.63) is 88.5 Å². The minimum Gasteiger partial charge on any atom is -0.508 e. The van der Waals surface area contributed by atoms with Crippen LogP contribution in [0.15, 0.2) is 60.2 Å². The maximum absolute atomic E-state index is 14.4. The molecule has 1 fully saturated rings. The Kier molecular flexibility index (Phi) is 5.68. The molecule has 10 heteroatoms. The van der Waals surface area contributed by atoms with Crippen LogP contribution in [0.1, 0.15) is 22.7 Å². The van der Waals surface area contributed by atoms with Crippen molar-refractivity contribution in [2.24, 2.45) is 0 Å². The number of fused-ring (bicyclic) bond motifs is 1. The summed E-state index contributed by atoms with van der Waals surface area (Å²) < 4.78 is 33.7. The van der Waals surface area contributed by atoms with Crippen LogP contribution in [0, 0.1) is 18.6 Å². The van der Waals surface area contributed by atoms with Gasteiger partial charge in [-0.25, -0.2) is 13.8 Å². The van der Waals surface area contributed by atoms with Gasteiger partial charge in [0.25, 0.3) is 5.78 Å². The van der Waals surface area contributed by atoms with Gasteiger partial charge in [0.1, 0.15) is 28.6 Å². The number of ether oxygens (including phenoxy) is 1. The number of aliphatic hydroxyl groups is 1. The summed E-state index contributed by atoms with van der Waals surface area (Å²) in [6.45, 7) is 1.79. The van der Waals surface area contributed by atoms with Crippen LogP contribution in [0.5, 0.6) is 11.5 Å². The molecule has 182 valence electrons. The molecule has 0 aliphatic carbocycles. The first-order valence-corrected chi connectivity index (χ1v) is 11.5. The number of benzene rings is 3. The van der Waals surface area contributed by atoms with Gasteiger partial charge in [0.15, 0.2) is 10.9 Å². The van der Waals surface area contributed by atoms with E-state index in [9.17, 15) is 28.6 Å². The minimum atomic E-state index is -1.16. The van der Waals surface area contributed by atoms with Crippen molar-refractivity contribution < 1.29 is 33.3 Å². The number of aromatic nitrogens is 1. The van der Waals surface area contributed by atoms with Crippen molar-refractivity contribution in [3.63, 3.8) is 0 Å². The van der Waals surface area contributed by atoms with Crippen LogP contribution in [0.3, 0.4) is 0 Å². The quantitative estimate of drug-likeness (QED) is 0.223. The Hall–Kier alpha value is -4.31. The van der Waals surface area contributed by atoms with Crippen molar-refractivity contribution in [2.75, 3.05) is 12.0 Å². The first kappa shape index (κ1) is 23.4. The molecule has 36 heavy (non-hydrogen) atoms. The predicted octanol–water partition coefficient (Wildman–Crippen LogP) is 5.22. The van der Waals surface area contributed by atoms with Crippen molar-refractivity contribution >= 4 is 44.1 Å². The number of hydrogen-bond acceptors (Lipinski definition) is 7. The number of ketones is 1. The van der Waals surface area contributed by atoms with E-state index in [1.165, 1.54) is 31.4 Å². The zero-order chi connectivity index (χ0) is 25.7. The molecule has 2 heterocycles. The Morgan fingerprint density at radius 2 is 1.81 bits per heavy atom. The fourth-order valence-electron chi connectivity index (χ4n) is 4.20. The van der Waals surface area contributed by atoms with Crippen LogP contribution in [-0.4, -0.2) is 34.0 Å². The molecule has 5 rings (SSSR count). The topological polar surface area (TPSA) is 100.0 Å². The third kappa shape index (κ3) is 3.75. The summed E-state index contributed by atoms with van der Waals surface area (Å²) in [7, 11) is 1.41. The normalized spacial score (nSPS) is 17.2. The summed E-state index contributed by atoms with van der Waals surface area (Å²) in [6, 6.07) is 11.3. The number of Topliss-reactive ketones (excluding diaryl/α,β-unsaturated/α-hetero) is 1. The Morgan fingerprint density at radius 1 is 1.08 bits per heavy atom. The smallest absolute Gasteiger partial charge is 0.301 e. The lowest BCUT2D eigenvalue weighted by molar-refractivity contribution is -0.132. The van der Waals surface area contributed by atoms with Crippen molar-refractivity contribution in [1.82, 2.24) is 4.98 Å². The van der Waals surface area contributed by atoms with Gasteiger partial charge in [0.05, 0.1) is 29.0 Å². The van der Waals surface area contributed by atoms with Gasteiger partial charge >= 0.3 is 5.91 Å². The van der Waals surface area contributed by atoms with Crippen LogP contribution >= 0.6 is 11.3 Å². The maximum atomic E-state index is 14.4. The van der Waals surface area contributed by atoms with Crippen LogP contribution < -0.4 is 9.64 Å². The van der Waals surface area contributed by atoms with Gasteiger partial charge in [-0.3, -0.25) is 14.5 Å². The Labute approximate surface area is 207 Å². The number of aryl methyl sites for hydroxylation is 1. The Morgan fingerprint density at radius 3 is 2.50 bits per heavy atom. The molecule has 4 aromatic rings. The van der Waals surface area contributed by atoms with Crippen LogP contribution in [0.25, 0.3) is 16.0 Å². The lowest BCUT2D eigenvalue weighted by Crippen LogP contribution is -2.29. The van der Waals surface area contributed by atoms with Gasteiger partial charge < -0.3 is 14.9 Å². The molecule has 7 nitrogen and oxygen atoms in total. The fourth-order valence-corrected chi connectivity index (χ4v) is 5.23. The number of aliphatic hydroxyl groups excluding tert-OH is 1. The number of aromatic hydroxyl groups is 1. The number of rotatable bonds is 4. The second-order valence-corrected chi connectivity index (χ2v) is 9.20. The first-order valence-electron chi connectivity index (χ1n) is 10.7. The van der Waals surface area contributed by atoms with Crippen LogP contribution in [0.4, 0.5) is 13.9 Å². The monoisotopic (exact) mass is 508 g/mol. The van der Waals surface area contributed by atoms with E-state index in [4.69, 9.17) is 4.74 Å². The van der Waals surface area contributed by atoms with E-state index in [0.29, 0.717) is 11.6 Å². The number of phenols is 1. The summed E-state index contributed by atoms with van der Waals surface area (Å²) in [6.07, 6.45) is 0. The first-order chi connectivity index (χ1) is 17.2. The molecular weight excluding hydrogens is 490 g/mol. The van der Waals surface area contributed by atoms with Gasteiger partial charge in [-0.1, -0.05) is 35.1 Å². The van der Waals surface area contributed by atoms with E-state index >= 15 is 0 Å². The van der Waals surface area contributed by atoms with Gasteiger partial charge in [0.2, 0.25) is 0 Å². The van der Waals surface area contributed by atoms with Gasteiger partial charge in [-0.2, -0.15) is 0 Å². The van der Waals surface area contributed by atoms with E-state index in [2.05, 4.69) is 4.98 Å². The average molecular weight is 509 g/mol. The van der Waals surface area contributed by atoms with Crippen molar-refractivity contribution in [1.29, 1.82) is 0 Å². The summed E-state index contributed by atoms with van der Waals surface area (Å²) in [5.41, 5.74) is 0.975. The highest BCUT2D eigenvalue weighted by Crippen LogP contribution is 2.45. The lowest BCUT2D eigenvalue weighted by atomic mass is 9.94. The number of halogens is 2. The third-order valence-electron chi connectivity index (χ3n) is 5.87. The highest BCUT2D eigenvalue weighted by Gasteiger charge is 2.48. The molecule has 1 atom stereocenters. The summed E-state index contributed by atoms with van der Waals surface area (Å²) in [5.74, 6) is -3.93. The van der Waals surface area contributed by atoms with Crippen molar-refractivity contribution in [2.45, 2.75) is 13.0 Å². The van der Waals surface area contributed by atoms with Gasteiger partial charge in [-0.15, -0.1) is 0 Å². The van der Waals surface area contributed by atoms with E-state index in [-0.39, 0.29) is 38.0 Å². The molecule has 1 unspecified atom stereocenters. The maximum Gasteiger partial charge on any atom is 0.301 e. The van der Waals surface area contributed by atoms with E-state index in [1.54, 1.807) is 25.1 Å².